The van der Waals surface area contributed by atoms with Gasteiger partial charge in [-0.15, -0.1) is 0 Å². The maximum Gasteiger partial charge on any atom is 0.303 e. The summed E-state index contributed by atoms with van der Waals surface area (Å²) in [7, 11) is -2.99. The van der Waals surface area contributed by atoms with Crippen LogP contribution < -0.4 is 0 Å². The molecule has 100 valence electrons. The largest absolute Gasteiger partial charge is 0.481 e. The maximum atomic E-state index is 11.5. The van der Waals surface area contributed by atoms with E-state index in [0.717, 1.165) is 6.42 Å². The van der Waals surface area contributed by atoms with Gasteiger partial charge in [0, 0.05) is 12.3 Å². The summed E-state index contributed by atoms with van der Waals surface area (Å²) in [6.45, 7) is 0. The van der Waals surface area contributed by atoms with Crippen molar-refractivity contribution >= 4 is 15.8 Å². The molecule has 1 saturated heterocycles. The van der Waals surface area contributed by atoms with Crippen LogP contribution >= 0.6 is 0 Å². The molecule has 7 heteroatoms. The maximum absolute atomic E-state index is 11.5. The molecule has 1 N–H and O–H groups in total. The Labute approximate surface area is 105 Å². The fourth-order valence-corrected chi connectivity index (χ4v) is 3.77. The number of oxazole rings is 1. The third-order valence-electron chi connectivity index (χ3n) is 2.98. The van der Waals surface area contributed by atoms with E-state index in [1.807, 2.05) is 0 Å². The van der Waals surface area contributed by atoms with E-state index in [2.05, 4.69) is 4.98 Å². The third kappa shape index (κ3) is 3.32. The summed E-state index contributed by atoms with van der Waals surface area (Å²) in [5.74, 6) is -0.358. The highest BCUT2D eigenvalue weighted by molar-refractivity contribution is 7.91. The Hall–Kier alpha value is -1.37. The minimum absolute atomic E-state index is 0.00502. The highest BCUT2D eigenvalue weighted by Gasteiger charge is 2.29. The lowest BCUT2D eigenvalue weighted by atomic mass is 10.1. The Morgan fingerprint density at radius 1 is 1.56 bits per heavy atom. The van der Waals surface area contributed by atoms with Gasteiger partial charge in [0.2, 0.25) is 0 Å². The van der Waals surface area contributed by atoms with Gasteiger partial charge in [0.15, 0.2) is 15.7 Å². The van der Waals surface area contributed by atoms with Crippen LogP contribution in [0.3, 0.4) is 0 Å². The van der Waals surface area contributed by atoms with Crippen molar-refractivity contribution in [2.24, 2.45) is 0 Å². The van der Waals surface area contributed by atoms with Gasteiger partial charge in [0.1, 0.15) is 6.26 Å². The number of carboxylic acid groups (broad SMARTS) is 1. The van der Waals surface area contributed by atoms with Crippen LogP contribution in [0.5, 0.6) is 0 Å². The lowest BCUT2D eigenvalue weighted by Crippen LogP contribution is -2.23. The Morgan fingerprint density at radius 2 is 2.33 bits per heavy atom. The van der Waals surface area contributed by atoms with E-state index >= 15 is 0 Å². The van der Waals surface area contributed by atoms with Crippen molar-refractivity contribution in [2.75, 3.05) is 11.5 Å². The van der Waals surface area contributed by atoms with E-state index in [0.29, 0.717) is 24.4 Å². The minimum Gasteiger partial charge on any atom is -0.481 e. The number of aryl methyl sites for hydroxylation is 1. The predicted molar refractivity (Wildman–Crippen MR) is 63.1 cm³/mol. The summed E-state index contributed by atoms with van der Waals surface area (Å²) >= 11 is 0. The SMILES string of the molecule is O=C(O)CCc1coc(C2CCCS(=O)(=O)C2)n1. The van der Waals surface area contributed by atoms with Crippen molar-refractivity contribution in [3.05, 3.63) is 17.8 Å². The lowest BCUT2D eigenvalue weighted by Gasteiger charge is -2.18. The van der Waals surface area contributed by atoms with Gasteiger partial charge in [0.05, 0.1) is 23.6 Å². The molecule has 0 aromatic carbocycles. The lowest BCUT2D eigenvalue weighted by molar-refractivity contribution is -0.136. The second-order valence-corrected chi connectivity index (χ2v) is 6.75. The zero-order valence-corrected chi connectivity index (χ0v) is 10.6. The molecule has 18 heavy (non-hydrogen) atoms. The minimum atomic E-state index is -2.99. The topological polar surface area (TPSA) is 97.5 Å². The zero-order chi connectivity index (χ0) is 13.2. The van der Waals surface area contributed by atoms with Gasteiger partial charge in [-0.2, -0.15) is 0 Å². The Balaban J connectivity index is 2.03. The third-order valence-corrected chi connectivity index (χ3v) is 4.80. The highest BCUT2D eigenvalue weighted by Crippen LogP contribution is 2.27. The average Bonchev–Trinajstić information content (AvgIpc) is 2.73. The molecule has 0 bridgehead atoms. The van der Waals surface area contributed by atoms with Crippen LogP contribution in [-0.4, -0.2) is 36.0 Å². The number of sulfone groups is 1. The molecule has 0 amide bonds. The first-order valence-corrected chi connectivity index (χ1v) is 7.65. The highest BCUT2D eigenvalue weighted by atomic mass is 32.2. The summed E-state index contributed by atoms with van der Waals surface area (Å²) in [6, 6.07) is 0. The van der Waals surface area contributed by atoms with Gasteiger partial charge >= 0.3 is 5.97 Å². The smallest absolute Gasteiger partial charge is 0.303 e. The number of aliphatic carboxylic acids is 1. The summed E-state index contributed by atoms with van der Waals surface area (Å²) in [6.07, 6.45) is 3.09. The Morgan fingerprint density at radius 3 is 3.00 bits per heavy atom. The number of hydrogen-bond donors (Lipinski definition) is 1. The molecule has 1 atom stereocenters. The van der Waals surface area contributed by atoms with Crippen molar-refractivity contribution in [3.63, 3.8) is 0 Å². The van der Waals surface area contributed by atoms with Gasteiger partial charge in [-0.3, -0.25) is 4.79 Å². The van der Waals surface area contributed by atoms with E-state index in [1.165, 1.54) is 6.26 Å². The first-order valence-electron chi connectivity index (χ1n) is 5.83. The quantitative estimate of drug-likeness (QED) is 0.878. The molecule has 1 aliphatic rings. The fourth-order valence-electron chi connectivity index (χ4n) is 2.08. The van der Waals surface area contributed by atoms with Crippen molar-refractivity contribution in [2.45, 2.75) is 31.6 Å². The molecule has 0 aliphatic carbocycles. The van der Waals surface area contributed by atoms with Crippen LogP contribution in [0.1, 0.15) is 36.8 Å². The van der Waals surface area contributed by atoms with Crippen LogP contribution in [-0.2, 0) is 21.1 Å². The molecule has 2 rings (SSSR count). The zero-order valence-electron chi connectivity index (χ0n) is 9.83. The number of nitrogens with zero attached hydrogens (tertiary/aromatic N) is 1. The van der Waals surface area contributed by atoms with Crippen LogP contribution in [0, 0.1) is 0 Å². The molecule has 1 unspecified atom stereocenters. The monoisotopic (exact) mass is 273 g/mol. The van der Waals surface area contributed by atoms with Gasteiger partial charge in [0.25, 0.3) is 0 Å². The summed E-state index contributed by atoms with van der Waals surface area (Å²) in [5.41, 5.74) is 0.565. The molecule has 2 heterocycles. The predicted octanol–water partition coefficient (Wildman–Crippen LogP) is 0.984. The van der Waals surface area contributed by atoms with Crippen molar-refractivity contribution in [3.8, 4) is 0 Å². The second-order valence-electron chi connectivity index (χ2n) is 4.52. The van der Waals surface area contributed by atoms with E-state index in [9.17, 15) is 13.2 Å². The van der Waals surface area contributed by atoms with Gasteiger partial charge in [-0.05, 0) is 12.8 Å². The molecule has 1 aromatic rings. The first-order chi connectivity index (χ1) is 8.46. The molecule has 0 saturated carbocycles. The molecule has 1 aliphatic heterocycles. The molecule has 1 fully saturated rings. The normalized spacial score (nSPS) is 22.8. The van der Waals surface area contributed by atoms with Crippen LogP contribution in [0.25, 0.3) is 0 Å². The average molecular weight is 273 g/mol. The number of rotatable bonds is 4. The van der Waals surface area contributed by atoms with E-state index in [4.69, 9.17) is 9.52 Å². The second kappa shape index (κ2) is 5.09. The Bertz CT molecular complexity index is 533. The van der Waals surface area contributed by atoms with Crippen molar-refractivity contribution < 1.29 is 22.7 Å². The summed E-state index contributed by atoms with van der Waals surface area (Å²) in [4.78, 5) is 14.6. The van der Waals surface area contributed by atoms with Gasteiger partial charge < -0.3 is 9.52 Å². The standard InChI is InChI=1S/C11H15NO5S/c13-10(14)4-3-9-6-17-11(12-9)8-2-1-5-18(15,16)7-8/h6,8H,1-5,7H2,(H,13,14). The number of aromatic nitrogens is 1. The van der Waals surface area contributed by atoms with E-state index in [1.54, 1.807) is 0 Å². The molecule has 1 aromatic heterocycles. The molecular weight excluding hydrogens is 258 g/mol. The molecule has 6 nitrogen and oxygen atoms in total. The van der Waals surface area contributed by atoms with Crippen LogP contribution in [0.2, 0.25) is 0 Å². The number of carbonyl (C=O) groups is 1. The van der Waals surface area contributed by atoms with Crippen molar-refractivity contribution in [1.82, 2.24) is 4.98 Å². The summed E-state index contributed by atoms with van der Waals surface area (Å²) in [5, 5.41) is 8.56. The van der Waals surface area contributed by atoms with Gasteiger partial charge in [-0.25, -0.2) is 13.4 Å². The van der Waals surface area contributed by atoms with E-state index < -0.39 is 15.8 Å². The Kier molecular flexibility index (Phi) is 3.70. The molecule has 0 spiro atoms. The number of hydrogen-bond acceptors (Lipinski definition) is 5. The molecular formula is C11H15NO5S. The number of carboxylic acids is 1. The summed E-state index contributed by atoms with van der Waals surface area (Å²) < 4.78 is 28.3. The fraction of sp³-hybridized carbons (Fsp3) is 0.636. The van der Waals surface area contributed by atoms with Gasteiger partial charge in [-0.1, -0.05) is 0 Å². The van der Waals surface area contributed by atoms with Crippen LogP contribution in [0.15, 0.2) is 10.7 Å². The van der Waals surface area contributed by atoms with Crippen LogP contribution in [0.4, 0.5) is 0 Å². The van der Waals surface area contributed by atoms with E-state index in [-0.39, 0.29) is 23.8 Å². The van der Waals surface area contributed by atoms with Crippen molar-refractivity contribution in [1.29, 1.82) is 0 Å². The molecule has 0 radical (unpaired) electrons. The first kappa shape index (κ1) is 13.1.